The van der Waals surface area contributed by atoms with Gasteiger partial charge in [0.15, 0.2) is 0 Å². The summed E-state index contributed by atoms with van der Waals surface area (Å²) in [5.74, 6) is -1.80. The largest absolute Gasteiger partial charge is 0.464 e. The van der Waals surface area contributed by atoms with Gasteiger partial charge in [-0.1, -0.05) is 20.8 Å². The fraction of sp³-hybridized carbons (Fsp3) is 0.875. The van der Waals surface area contributed by atoms with E-state index >= 15 is 0 Å². The first-order valence-corrected chi connectivity index (χ1v) is 11.7. The smallest absolute Gasteiger partial charge is 0.311 e. The van der Waals surface area contributed by atoms with Gasteiger partial charge in [-0.2, -0.15) is 0 Å². The Morgan fingerprint density at radius 1 is 0.879 bits per heavy atom. The van der Waals surface area contributed by atoms with Crippen molar-refractivity contribution in [3.63, 3.8) is 0 Å². The molecule has 33 heavy (non-hydrogen) atoms. The Labute approximate surface area is 199 Å². The highest BCUT2D eigenvalue weighted by atomic mass is 16.5. The van der Waals surface area contributed by atoms with Gasteiger partial charge in [-0.15, -0.1) is 0 Å². The molecule has 0 aliphatic heterocycles. The lowest BCUT2D eigenvalue weighted by Crippen LogP contribution is -2.28. The van der Waals surface area contributed by atoms with Crippen LogP contribution in [0.2, 0.25) is 0 Å². The zero-order valence-electron chi connectivity index (χ0n) is 22.1. The normalized spacial score (nSPS) is 14.9. The Kier molecular flexibility index (Phi) is 18.0. The SMILES string of the molecule is CCC(C)(C)C(=O)OCCN(C)C.CCC(CC(C)C(=O)OCC(C)O)C(=O)OCC(C)O. The van der Waals surface area contributed by atoms with Gasteiger partial charge >= 0.3 is 17.9 Å². The first-order chi connectivity index (χ1) is 15.2. The van der Waals surface area contributed by atoms with Crippen LogP contribution in [0.4, 0.5) is 0 Å². The number of esters is 3. The van der Waals surface area contributed by atoms with Gasteiger partial charge in [0.1, 0.15) is 19.8 Å². The van der Waals surface area contributed by atoms with Crippen molar-refractivity contribution in [3.05, 3.63) is 0 Å². The van der Waals surface area contributed by atoms with Gasteiger partial charge in [0.25, 0.3) is 0 Å². The molecule has 0 fully saturated rings. The van der Waals surface area contributed by atoms with Crippen LogP contribution in [0.15, 0.2) is 0 Å². The molecular formula is C24H47NO8. The van der Waals surface area contributed by atoms with E-state index in [1.54, 1.807) is 6.92 Å². The van der Waals surface area contributed by atoms with Crippen LogP contribution in [0.25, 0.3) is 0 Å². The summed E-state index contributed by atoms with van der Waals surface area (Å²) in [6, 6.07) is 0. The molecule has 0 radical (unpaired) electrons. The Morgan fingerprint density at radius 3 is 1.76 bits per heavy atom. The summed E-state index contributed by atoms with van der Waals surface area (Å²) in [4.78, 5) is 36.9. The van der Waals surface area contributed by atoms with Crippen LogP contribution in [0.5, 0.6) is 0 Å². The number of hydrogen-bond donors (Lipinski definition) is 2. The molecule has 0 aliphatic rings. The minimum atomic E-state index is -0.705. The van der Waals surface area contributed by atoms with Crippen molar-refractivity contribution in [3.8, 4) is 0 Å². The molecule has 0 amide bonds. The standard InChI is InChI=1S/C14H26O6.C10H21NO2/c1-5-12(14(18)20-8-11(4)16)6-9(2)13(17)19-7-10(3)15;1-6-10(2,3)9(12)13-8-7-11(4)5/h9-12,15-16H,5-8H2,1-4H3;6-8H2,1-5H3. The summed E-state index contributed by atoms with van der Waals surface area (Å²) >= 11 is 0. The summed E-state index contributed by atoms with van der Waals surface area (Å²) in [6.07, 6.45) is 0.280. The van der Waals surface area contributed by atoms with E-state index in [0.717, 1.165) is 13.0 Å². The van der Waals surface area contributed by atoms with Gasteiger partial charge in [-0.25, -0.2) is 0 Å². The number of nitrogens with zero attached hydrogens (tertiary/aromatic N) is 1. The Bertz CT molecular complexity index is 561. The van der Waals surface area contributed by atoms with E-state index < -0.39 is 36.0 Å². The molecule has 196 valence electrons. The summed E-state index contributed by atoms with van der Waals surface area (Å²) in [5.41, 5.74) is -0.341. The lowest BCUT2D eigenvalue weighted by atomic mass is 9.91. The fourth-order valence-electron chi connectivity index (χ4n) is 2.28. The lowest BCUT2D eigenvalue weighted by Gasteiger charge is -2.20. The minimum Gasteiger partial charge on any atom is -0.464 e. The van der Waals surface area contributed by atoms with Crippen LogP contribution in [0.1, 0.15) is 67.7 Å². The number of aliphatic hydroxyl groups excluding tert-OH is 2. The van der Waals surface area contributed by atoms with Crippen LogP contribution >= 0.6 is 0 Å². The maximum Gasteiger partial charge on any atom is 0.311 e. The average molecular weight is 478 g/mol. The number of carbonyl (C=O) groups is 3. The van der Waals surface area contributed by atoms with Gasteiger partial charge in [0, 0.05) is 6.54 Å². The molecule has 0 aromatic rings. The second-order valence-electron chi connectivity index (χ2n) is 9.38. The van der Waals surface area contributed by atoms with Crippen molar-refractivity contribution >= 4 is 17.9 Å². The third-order valence-electron chi connectivity index (χ3n) is 5.01. The third-order valence-corrected chi connectivity index (χ3v) is 5.01. The number of likely N-dealkylation sites (N-methyl/N-ethyl adjacent to an activating group) is 1. The average Bonchev–Trinajstić information content (AvgIpc) is 2.73. The maximum atomic E-state index is 11.8. The summed E-state index contributed by atoms with van der Waals surface area (Å²) in [6.45, 7) is 13.5. The number of ether oxygens (including phenoxy) is 3. The van der Waals surface area contributed by atoms with Crippen LogP contribution in [-0.4, -0.2) is 85.7 Å². The molecule has 0 aliphatic carbocycles. The quantitative estimate of drug-likeness (QED) is 0.287. The molecule has 4 atom stereocenters. The van der Waals surface area contributed by atoms with Crippen LogP contribution in [0.3, 0.4) is 0 Å². The van der Waals surface area contributed by atoms with E-state index in [2.05, 4.69) is 0 Å². The third kappa shape index (κ3) is 17.4. The number of rotatable bonds is 14. The van der Waals surface area contributed by atoms with Crippen molar-refractivity contribution < 1.29 is 38.8 Å². The van der Waals surface area contributed by atoms with E-state index in [4.69, 9.17) is 24.4 Å². The second kappa shape index (κ2) is 17.7. The molecule has 0 aromatic carbocycles. The van der Waals surface area contributed by atoms with Crippen molar-refractivity contribution in [1.29, 1.82) is 0 Å². The Hall–Kier alpha value is -1.71. The van der Waals surface area contributed by atoms with Crippen LogP contribution in [0, 0.1) is 17.3 Å². The van der Waals surface area contributed by atoms with E-state index in [9.17, 15) is 14.4 Å². The predicted molar refractivity (Wildman–Crippen MR) is 126 cm³/mol. The fourth-order valence-corrected chi connectivity index (χ4v) is 2.28. The molecular weight excluding hydrogens is 430 g/mol. The maximum absolute atomic E-state index is 11.8. The Balaban J connectivity index is 0. The highest BCUT2D eigenvalue weighted by Gasteiger charge is 2.27. The van der Waals surface area contributed by atoms with Gasteiger partial charge in [-0.05, 0) is 61.1 Å². The number of carbonyl (C=O) groups excluding carboxylic acids is 3. The summed E-state index contributed by atoms with van der Waals surface area (Å²) in [7, 11) is 3.91. The van der Waals surface area contributed by atoms with Gasteiger partial charge < -0.3 is 29.3 Å². The summed E-state index contributed by atoms with van der Waals surface area (Å²) in [5, 5.41) is 18.1. The zero-order valence-corrected chi connectivity index (χ0v) is 22.1. The van der Waals surface area contributed by atoms with E-state index in [-0.39, 0.29) is 24.6 Å². The molecule has 9 nitrogen and oxygen atoms in total. The molecule has 0 heterocycles. The highest BCUT2D eigenvalue weighted by Crippen LogP contribution is 2.21. The Morgan fingerprint density at radius 2 is 1.36 bits per heavy atom. The highest BCUT2D eigenvalue weighted by molar-refractivity contribution is 5.76. The molecule has 0 saturated carbocycles. The van der Waals surface area contributed by atoms with Gasteiger partial charge in [-0.3, -0.25) is 14.4 Å². The number of hydrogen-bond acceptors (Lipinski definition) is 9. The first-order valence-electron chi connectivity index (χ1n) is 11.7. The van der Waals surface area contributed by atoms with Crippen molar-refractivity contribution in [2.24, 2.45) is 17.3 Å². The monoisotopic (exact) mass is 477 g/mol. The van der Waals surface area contributed by atoms with Crippen LogP contribution < -0.4 is 0 Å². The summed E-state index contributed by atoms with van der Waals surface area (Å²) < 4.78 is 15.0. The van der Waals surface area contributed by atoms with Crippen LogP contribution in [-0.2, 0) is 28.6 Å². The minimum absolute atomic E-state index is 0.0454. The van der Waals surface area contributed by atoms with Crippen molar-refractivity contribution in [1.82, 2.24) is 4.90 Å². The number of aliphatic hydroxyl groups is 2. The molecule has 2 N–H and O–H groups in total. The van der Waals surface area contributed by atoms with Crippen molar-refractivity contribution in [2.45, 2.75) is 79.9 Å². The van der Waals surface area contributed by atoms with Crippen molar-refractivity contribution in [2.75, 3.05) is 40.5 Å². The van der Waals surface area contributed by atoms with Gasteiger partial charge in [0.05, 0.1) is 29.5 Å². The van der Waals surface area contributed by atoms with E-state index in [1.165, 1.54) is 13.8 Å². The molecule has 0 rings (SSSR count). The molecule has 0 spiro atoms. The molecule has 9 heteroatoms. The predicted octanol–water partition coefficient (Wildman–Crippen LogP) is 2.41. The zero-order chi connectivity index (χ0) is 26.2. The van der Waals surface area contributed by atoms with E-state index in [0.29, 0.717) is 19.4 Å². The molecule has 4 unspecified atom stereocenters. The van der Waals surface area contributed by atoms with E-state index in [1.807, 2.05) is 46.7 Å². The van der Waals surface area contributed by atoms with Gasteiger partial charge in [0.2, 0.25) is 0 Å². The molecule has 0 bridgehead atoms. The second-order valence-corrected chi connectivity index (χ2v) is 9.38. The molecule has 0 aromatic heterocycles. The topological polar surface area (TPSA) is 123 Å². The molecule has 0 saturated heterocycles. The lowest BCUT2D eigenvalue weighted by molar-refractivity contribution is -0.156. The first kappa shape index (κ1) is 33.5.